The van der Waals surface area contributed by atoms with E-state index in [4.69, 9.17) is 0 Å². The highest BCUT2D eigenvalue weighted by molar-refractivity contribution is 7.89. The first-order chi connectivity index (χ1) is 14.8. The lowest BCUT2D eigenvalue weighted by Gasteiger charge is -2.35. The Hall–Kier alpha value is -2.42. The average Bonchev–Trinajstić information content (AvgIpc) is 2.77. The molecule has 1 saturated heterocycles. The normalized spacial score (nSPS) is 15.3. The number of rotatable bonds is 8. The molecule has 0 saturated carbocycles. The van der Waals surface area contributed by atoms with E-state index in [9.17, 15) is 13.2 Å². The first-order valence-electron chi connectivity index (χ1n) is 10.8. The number of carbonyl (C=O) groups is 1. The predicted octanol–water partition coefficient (Wildman–Crippen LogP) is 2.79. The SMILES string of the molecule is CCN(CC)S(=O)(=O)c1ccc(C)c(NC(=O)CN2CCN(c3ccccc3)CC2)c1. The van der Waals surface area contributed by atoms with Crippen LogP contribution in [-0.2, 0) is 14.8 Å². The van der Waals surface area contributed by atoms with Gasteiger partial charge in [-0.25, -0.2) is 8.42 Å². The number of aryl methyl sites for hydroxylation is 1. The fourth-order valence-electron chi connectivity index (χ4n) is 3.80. The third-order valence-electron chi connectivity index (χ3n) is 5.69. The second-order valence-electron chi connectivity index (χ2n) is 7.71. The number of anilines is 2. The van der Waals surface area contributed by atoms with Gasteiger partial charge in [-0.2, -0.15) is 4.31 Å². The van der Waals surface area contributed by atoms with Crippen LogP contribution in [-0.4, -0.2) is 69.3 Å². The van der Waals surface area contributed by atoms with E-state index < -0.39 is 10.0 Å². The largest absolute Gasteiger partial charge is 0.369 e. The molecule has 0 aromatic heterocycles. The van der Waals surface area contributed by atoms with Crippen LogP contribution < -0.4 is 10.2 Å². The zero-order chi connectivity index (χ0) is 22.4. The van der Waals surface area contributed by atoms with E-state index in [1.54, 1.807) is 18.2 Å². The number of hydrogen-bond donors (Lipinski definition) is 1. The fourth-order valence-corrected chi connectivity index (χ4v) is 5.29. The van der Waals surface area contributed by atoms with Gasteiger partial charge in [0.05, 0.1) is 11.4 Å². The molecule has 7 nitrogen and oxygen atoms in total. The summed E-state index contributed by atoms with van der Waals surface area (Å²) in [5, 5.41) is 2.91. The molecule has 1 N–H and O–H groups in total. The minimum Gasteiger partial charge on any atom is -0.369 e. The summed E-state index contributed by atoms with van der Waals surface area (Å²) in [4.78, 5) is 17.3. The number of benzene rings is 2. The topological polar surface area (TPSA) is 73.0 Å². The number of carbonyl (C=O) groups excluding carboxylic acids is 1. The van der Waals surface area contributed by atoms with E-state index >= 15 is 0 Å². The van der Waals surface area contributed by atoms with Gasteiger partial charge in [-0.1, -0.05) is 38.1 Å². The molecule has 0 bridgehead atoms. The van der Waals surface area contributed by atoms with Crippen molar-refractivity contribution < 1.29 is 13.2 Å². The molecule has 0 aliphatic carbocycles. The zero-order valence-electron chi connectivity index (χ0n) is 18.5. The van der Waals surface area contributed by atoms with Gasteiger partial charge in [0.25, 0.3) is 0 Å². The molecule has 0 radical (unpaired) electrons. The monoisotopic (exact) mass is 444 g/mol. The molecule has 31 heavy (non-hydrogen) atoms. The molecule has 1 aliphatic heterocycles. The van der Waals surface area contributed by atoms with Crippen molar-refractivity contribution in [3.63, 3.8) is 0 Å². The standard InChI is InChI=1S/C23H32N4O3S/c1-4-27(5-2)31(29,30)21-12-11-19(3)22(17-21)24-23(28)18-25-13-15-26(16-14-25)20-9-7-6-8-10-20/h6-12,17H,4-5,13-16,18H2,1-3H3,(H,24,28). The molecule has 168 valence electrons. The lowest BCUT2D eigenvalue weighted by atomic mass is 10.2. The van der Waals surface area contributed by atoms with E-state index in [2.05, 4.69) is 27.2 Å². The lowest BCUT2D eigenvalue weighted by Crippen LogP contribution is -2.48. The first-order valence-corrected chi connectivity index (χ1v) is 12.2. The first kappa shape index (κ1) is 23.2. The third-order valence-corrected chi connectivity index (χ3v) is 7.73. The Morgan fingerprint density at radius 2 is 1.65 bits per heavy atom. The van der Waals surface area contributed by atoms with Crippen LogP contribution in [0, 0.1) is 6.92 Å². The highest BCUT2D eigenvalue weighted by atomic mass is 32.2. The summed E-state index contributed by atoms with van der Waals surface area (Å²) >= 11 is 0. The van der Waals surface area contributed by atoms with Crippen molar-refractivity contribution >= 4 is 27.3 Å². The molecule has 2 aromatic rings. The molecule has 1 aliphatic rings. The Labute approximate surface area is 185 Å². The van der Waals surface area contributed by atoms with Crippen molar-refractivity contribution in [3.05, 3.63) is 54.1 Å². The maximum Gasteiger partial charge on any atom is 0.243 e. The van der Waals surface area contributed by atoms with Crippen LogP contribution in [0.25, 0.3) is 0 Å². The second kappa shape index (κ2) is 10.3. The quantitative estimate of drug-likeness (QED) is 0.678. The van der Waals surface area contributed by atoms with Crippen LogP contribution in [0.2, 0.25) is 0 Å². The molecule has 1 fully saturated rings. The van der Waals surface area contributed by atoms with Crippen molar-refractivity contribution in [3.8, 4) is 0 Å². The Morgan fingerprint density at radius 1 is 1.00 bits per heavy atom. The van der Waals surface area contributed by atoms with Crippen LogP contribution in [0.4, 0.5) is 11.4 Å². The van der Waals surface area contributed by atoms with Gasteiger partial charge in [0.2, 0.25) is 15.9 Å². The second-order valence-corrected chi connectivity index (χ2v) is 9.65. The summed E-state index contributed by atoms with van der Waals surface area (Å²) < 4.78 is 27.0. The minimum atomic E-state index is -3.57. The van der Waals surface area contributed by atoms with Gasteiger partial charge in [-0.05, 0) is 36.8 Å². The van der Waals surface area contributed by atoms with Crippen LogP contribution in [0.15, 0.2) is 53.4 Å². The number of para-hydroxylation sites is 1. The van der Waals surface area contributed by atoms with E-state index in [1.807, 2.05) is 39.0 Å². The number of hydrogen-bond acceptors (Lipinski definition) is 5. The highest BCUT2D eigenvalue weighted by Gasteiger charge is 2.23. The van der Waals surface area contributed by atoms with Crippen molar-refractivity contribution in [2.24, 2.45) is 0 Å². The third kappa shape index (κ3) is 5.64. The molecular formula is C23H32N4O3S. The summed E-state index contributed by atoms with van der Waals surface area (Å²) in [6.45, 7) is 9.94. The summed E-state index contributed by atoms with van der Waals surface area (Å²) in [7, 11) is -3.57. The number of amides is 1. The molecule has 8 heteroatoms. The highest BCUT2D eigenvalue weighted by Crippen LogP contribution is 2.23. The van der Waals surface area contributed by atoms with Gasteiger partial charge in [0, 0.05) is 50.6 Å². The van der Waals surface area contributed by atoms with Crippen molar-refractivity contribution in [1.29, 1.82) is 0 Å². The van der Waals surface area contributed by atoms with Gasteiger partial charge in [0.15, 0.2) is 0 Å². The molecular weight excluding hydrogens is 412 g/mol. The van der Waals surface area contributed by atoms with Gasteiger partial charge < -0.3 is 10.2 Å². The Bertz CT molecular complexity index is 983. The molecule has 2 aromatic carbocycles. The number of sulfonamides is 1. The van der Waals surface area contributed by atoms with Crippen LogP contribution >= 0.6 is 0 Å². The van der Waals surface area contributed by atoms with Gasteiger partial charge in [0.1, 0.15) is 0 Å². The summed E-state index contributed by atoms with van der Waals surface area (Å²) in [5.41, 5.74) is 2.58. The molecule has 1 heterocycles. The number of nitrogens with zero attached hydrogens (tertiary/aromatic N) is 3. The van der Waals surface area contributed by atoms with Gasteiger partial charge in [-0.3, -0.25) is 9.69 Å². The fraction of sp³-hybridized carbons (Fsp3) is 0.435. The Morgan fingerprint density at radius 3 is 2.26 bits per heavy atom. The molecule has 1 amide bonds. The van der Waals surface area contributed by atoms with E-state index in [0.29, 0.717) is 18.8 Å². The molecule has 0 spiro atoms. The van der Waals surface area contributed by atoms with E-state index in [-0.39, 0.29) is 17.3 Å². The van der Waals surface area contributed by atoms with Gasteiger partial charge >= 0.3 is 0 Å². The number of piperazine rings is 1. The Kier molecular flexibility index (Phi) is 7.69. The summed E-state index contributed by atoms with van der Waals surface area (Å²) in [5.74, 6) is -0.131. The molecule has 0 unspecified atom stereocenters. The number of nitrogens with one attached hydrogen (secondary N) is 1. The predicted molar refractivity (Wildman–Crippen MR) is 125 cm³/mol. The lowest BCUT2D eigenvalue weighted by molar-refractivity contribution is -0.117. The maximum absolute atomic E-state index is 12.8. The van der Waals surface area contributed by atoms with Crippen molar-refractivity contribution in [2.75, 3.05) is 56.0 Å². The summed E-state index contributed by atoms with van der Waals surface area (Å²) in [6.07, 6.45) is 0. The van der Waals surface area contributed by atoms with Crippen molar-refractivity contribution in [1.82, 2.24) is 9.21 Å². The van der Waals surface area contributed by atoms with Crippen molar-refractivity contribution in [2.45, 2.75) is 25.7 Å². The van der Waals surface area contributed by atoms with Crippen LogP contribution in [0.1, 0.15) is 19.4 Å². The van der Waals surface area contributed by atoms with Crippen LogP contribution in [0.3, 0.4) is 0 Å². The van der Waals surface area contributed by atoms with E-state index in [0.717, 1.165) is 31.7 Å². The molecule has 3 rings (SSSR count). The Balaban J connectivity index is 1.61. The maximum atomic E-state index is 12.8. The summed E-state index contributed by atoms with van der Waals surface area (Å²) in [6, 6.07) is 15.2. The zero-order valence-corrected chi connectivity index (χ0v) is 19.4. The smallest absolute Gasteiger partial charge is 0.243 e. The molecule has 0 atom stereocenters. The van der Waals surface area contributed by atoms with Crippen LogP contribution in [0.5, 0.6) is 0 Å². The van der Waals surface area contributed by atoms with Gasteiger partial charge in [-0.15, -0.1) is 0 Å². The minimum absolute atomic E-state index is 0.131. The average molecular weight is 445 g/mol. The van der Waals surface area contributed by atoms with E-state index in [1.165, 1.54) is 9.99 Å².